The van der Waals surface area contributed by atoms with Crippen LogP contribution in [0.5, 0.6) is 0 Å². The summed E-state index contributed by atoms with van der Waals surface area (Å²) < 4.78 is 0. The fourth-order valence-corrected chi connectivity index (χ4v) is 2.20. The van der Waals surface area contributed by atoms with E-state index in [1.54, 1.807) is 0 Å². The molecule has 1 atom stereocenters. The van der Waals surface area contributed by atoms with Crippen molar-refractivity contribution in [1.82, 2.24) is 5.32 Å². The average molecular weight is 243 g/mol. The number of benzene rings is 1. The van der Waals surface area contributed by atoms with Gasteiger partial charge in [0.05, 0.1) is 6.04 Å². The maximum atomic E-state index is 12.1. The topological polar surface area (TPSA) is 29.1 Å². The zero-order chi connectivity index (χ0) is 13.0. The number of hydrogen-bond acceptors (Lipinski definition) is 1. The number of nitrogens with one attached hydrogen (secondary N) is 1. The van der Waals surface area contributed by atoms with Crippen molar-refractivity contribution in [1.29, 1.82) is 0 Å². The van der Waals surface area contributed by atoms with Gasteiger partial charge in [0.1, 0.15) is 0 Å². The predicted molar refractivity (Wildman–Crippen MR) is 74.1 cm³/mol. The zero-order valence-corrected chi connectivity index (χ0v) is 11.1. The van der Waals surface area contributed by atoms with Gasteiger partial charge in [-0.15, -0.1) is 0 Å². The Bertz CT molecular complexity index is 432. The van der Waals surface area contributed by atoms with E-state index in [1.807, 2.05) is 25.1 Å². The van der Waals surface area contributed by atoms with Crippen LogP contribution in [0.3, 0.4) is 0 Å². The van der Waals surface area contributed by atoms with Gasteiger partial charge in [-0.2, -0.15) is 0 Å². The molecule has 0 radical (unpaired) electrons. The molecule has 1 saturated carbocycles. The van der Waals surface area contributed by atoms with Crippen LogP contribution in [-0.4, -0.2) is 5.91 Å². The lowest BCUT2D eigenvalue weighted by atomic mass is 9.84. The summed E-state index contributed by atoms with van der Waals surface area (Å²) in [5.74, 6) is 0.442. The monoisotopic (exact) mass is 243 g/mol. The smallest absolute Gasteiger partial charge is 0.223 e. The van der Waals surface area contributed by atoms with Crippen molar-refractivity contribution in [2.75, 3.05) is 0 Å². The first-order chi connectivity index (χ1) is 8.72. The van der Waals surface area contributed by atoms with Crippen LogP contribution in [0.15, 0.2) is 42.0 Å². The molecule has 1 aliphatic rings. The van der Waals surface area contributed by atoms with Gasteiger partial charge in [0.2, 0.25) is 5.91 Å². The van der Waals surface area contributed by atoms with Crippen molar-refractivity contribution in [3.63, 3.8) is 0 Å². The molecule has 96 valence electrons. The molecule has 1 aromatic carbocycles. The van der Waals surface area contributed by atoms with Gasteiger partial charge in [-0.1, -0.05) is 48.4 Å². The van der Waals surface area contributed by atoms with Crippen LogP contribution >= 0.6 is 0 Å². The van der Waals surface area contributed by atoms with Gasteiger partial charge in [-0.05, 0) is 32.3 Å². The van der Waals surface area contributed by atoms with E-state index in [0.717, 1.165) is 18.4 Å². The molecule has 2 heteroatoms. The number of hydrogen-bond donors (Lipinski definition) is 1. The second-order valence-corrected chi connectivity index (χ2v) is 5.01. The Hall–Kier alpha value is -1.57. The summed E-state index contributed by atoms with van der Waals surface area (Å²) in [7, 11) is 0. The third-order valence-corrected chi connectivity index (χ3v) is 3.81. The predicted octanol–water partition coefficient (Wildman–Crippen LogP) is 3.61. The third kappa shape index (κ3) is 2.81. The summed E-state index contributed by atoms with van der Waals surface area (Å²) in [6.07, 6.45) is 5.35. The minimum Gasteiger partial charge on any atom is -0.345 e. The molecular formula is C16H21NO. The molecule has 1 N–H and O–H groups in total. The number of allylic oxidation sites excluding steroid dienone is 1. The van der Waals surface area contributed by atoms with E-state index in [0.29, 0.717) is 0 Å². The molecular weight excluding hydrogens is 222 g/mol. The molecule has 0 spiro atoms. The molecule has 1 aromatic rings. The molecule has 2 nitrogen and oxygen atoms in total. The van der Waals surface area contributed by atoms with Crippen LogP contribution in [-0.2, 0) is 4.79 Å². The molecule has 0 unspecified atom stereocenters. The Kier molecular flexibility index (Phi) is 4.19. The van der Waals surface area contributed by atoms with Gasteiger partial charge < -0.3 is 5.32 Å². The molecule has 18 heavy (non-hydrogen) atoms. The van der Waals surface area contributed by atoms with Gasteiger partial charge >= 0.3 is 0 Å². The van der Waals surface area contributed by atoms with E-state index in [2.05, 4.69) is 30.4 Å². The van der Waals surface area contributed by atoms with Crippen LogP contribution < -0.4 is 5.32 Å². The number of amides is 1. The van der Waals surface area contributed by atoms with E-state index < -0.39 is 0 Å². The quantitative estimate of drug-likeness (QED) is 0.804. The molecule has 1 fully saturated rings. The first-order valence-corrected chi connectivity index (χ1v) is 6.70. The van der Waals surface area contributed by atoms with E-state index in [-0.39, 0.29) is 17.9 Å². The van der Waals surface area contributed by atoms with Crippen molar-refractivity contribution >= 4 is 5.91 Å². The fraction of sp³-hybridized carbons (Fsp3) is 0.438. The van der Waals surface area contributed by atoms with E-state index in [4.69, 9.17) is 0 Å². The lowest BCUT2D eigenvalue weighted by Crippen LogP contribution is -2.37. The summed E-state index contributed by atoms with van der Waals surface area (Å²) in [4.78, 5) is 12.1. The molecule has 0 heterocycles. The number of carbonyl (C=O) groups excluding carboxylic acids is 1. The van der Waals surface area contributed by atoms with Crippen molar-refractivity contribution in [2.24, 2.45) is 5.92 Å². The molecule has 1 amide bonds. The minimum absolute atomic E-state index is 0.0179. The Balaban J connectivity index is 2.13. The molecule has 0 aliphatic heterocycles. The van der Waals surface area contributed by atoms with Crippen LogP contribution in [0.1, 0.15) is 44.7 Å². The standard InChI is InChI=1S/C16H21NO/c1-3-12(2)15(13-8-5-4-6-9-13)17-16(18)14-10-7-11-14/h3-6,8-9,14-15H,7,10-11H2,1-2H3,(H,17,18)/b12-3+/t15-/m0/s1. The van der Waals surface area contributed by atoms with Gasteiger partial charge in [-0.25, -0.2) is 0 Å². The highest BCUT2D eigenvalue weighted by molar-refractivity contribution is 5.80. The Labute approximate surface area is 109 Å². The van der Waals surface area contributed by atoms with Crippen molar-refractivity contribution < 1.29 is 4.79 Å². The first-order valence-electron chi connectivity index (χ1n) is 6.70. The molecule has 0 saturated heterocycles. The third-order valence-electron chi connectivity index (χ3n) is 3.81. The van der Waals surface area contributed by atoms with E-state index in [9.17, 15) is 4.79 Å². The van der Waals surface area contributed by atoms with Gasteiger partial charge in [0.15, 0.2) is 0 Å². The highest BCUT2D eigenvalue weighted by Crippen LogP contribution is 2.28. The summed E-state index contributed by atoms with van der Waals surface area (Å²) in [5, 5.41) is 3.18. The summed E-state index contributed by atoms with van der Waals surface area (Å²) in [6, 6.07) is 10.2. The maximum Gasteiger partial charge on any atom is 0.223 e. The van der Waals surface area contributed by atoms with Crippen LogP contribution in [0, 0.1) is 5.92 Å². The second-order valence-electron chi connectivity index (χ2n) is 5.01. The Morgan fingerprint density at radius 1 is 1.33 bits per heavy atom. The highest BCUT2D eigenvalue weighted by atomic mass is 16.2. The van der Waals surface area contributed by atoms with Crippen molar-refractivity contribution in [3.05, 3.63) is 47.5 Å². The van der Waals surface area contributed by atoms with Gasteiger partial charge in [-0.3, -0.25) is 4.79 Å². The molecule has 1 aliphatic carbocycles. The maximum absolute atomic E-state index is 12.1. The molecule has 2 rings (SSSR count). The first kappa shape index (κ1) is 12.9. The summed E-state index contributed by atoms with van der Waals surface area (Å²) in [6.45, 7) is 4.08. The normalized spacial score (nSPS) is 18.0. The van der Waals surface area contributed by atoms with Gasteiger partial charge in [0, 0.05) is 5.92 Å². The molecule has 0 bridgehead atoms. The minimum atomic E-state index is 0.0179. The van der Waals surface area contributed by atoms with Crippen LogP contribution in [0.4, 0.5) is 0 Å². The number of rotatable bonds is 4. The van der Waals surface area contributed by atoms with Gasteiger partial charge in [0.25, 0.3) is 0 Å². The average Bonchev–Trinajstić information content (AvgIpc) is 2.34. The lowest BCUT2D eigenvalue weighted by Gasteiger charge is -2.28. The largest absolute Gasteiger partial charge is 0.345 e. The Morgan fingerprint density at radius 3 is 2.50 bits per heavy atom. The van der Waals surface area contributed by atoms with E-state index in [1.165, 1.54) is 12.0 Å². The number of carbonyl (C=O) groups is 1. The Morgan fingerprint density at radius 2 is 2.00 bits per heavy atom. The summed E-state index contributed by atoms with van der Waals surface area (Å²) >= 11 is 0. The fourth-order valence-electron chi connectivity index (χ4n) is 2.20. The summed E-state index contributed by atoms with van der Waals surface area (Å²) in [5.41, 5.74) is 2.34. The lowest BCUT2D eigenvalue weighted by molar-refractivity contribution is -0.127. The highest BCUT2D eigenvalue weighted by Gasteiger charge is 2.27. The molecule has 0 aromatic heterocycles. The van der Waals surface area contributed by atoms with E-state index >= 15 is 0 Å². The van der Waals surface area contributed by atoms with Crippen molar-refractivity contribution in [2.45, 2.75) is 39.2 Å². The second kappa shape index (κ2) is 5.85. The SMILES string of the molecule is C/C=C(\C)[C@H](NC(=O)C1CCC1)c1ccccc1. The van der Waals surface area contributed by atoms with Crippen LogP contribution in [0.25, 0.3) is 0 Å². The zero-order valence-electron chi connectivity index (χ0n) is 11.1. The van der Waals surface area contributed by atoms with Crippen molar-refractivity contribution in [3.8, 4) is 0 Å². The van der Waals surface area contributed by atoms with Crippen LogP contribution in [0.2, 0.25) is 0 Å².